The van der Waals surface area contributed by atoms with E-state index in [1.54, 1.807) is 12.1 Å². The lowest BCUT2D eigenvalue weighted by molar-refractivity contribution is -0.139. The van der Waals surface area contributed by atoms with Crippen LogP contribution in [0.25, 0.3) is 6.08 Å². The number of halogens is 7. The molecule has 34 heavy (non-hydrogen) atoms. The summed E-state index contributed by atoms with van der Waals surface area (Å²) in [6, 6.07) is 7.10. The zero-order valence-electron chi connectivity index (χ0n) is 17.9. The summed E-state index contributed by atoms with van der Waals surface area (Å²) < 4.78 is 63.3. The van der Waals surface area contributed by atoms with Crippen molar-refractivity contribution >= 4 is 68.1 Å². The van der Waals surface area contributed by atoms with E-state index in [-0.39, 0.29) is 45.0 Å². The molecule has 0 spiro atoms. The molecule has 0 amide bonds. The second-order valence-electron chi connectivity index (χ2n) is 7.80. The smallest absolute Gasteiger partial charge is 0.300 e. The summed E-state index contributed by atoms with van der Waals surface area (Å²) in [7, 11) is -3.19. The number of sulfone groups is 1. The molecular weight excluding hydrogens is 555 g/mol. The van der Waals surface area contributed by atoms with E-state index in [0.29, 0.717) is 23.4 Å². The van der Waals surface area contributed by atoms with Crippen molar-refractivity contribution in [2.45, 2.75) is 37.8 Å². The number of carbonyl (C=O) groups is 1. The number of aryl methyl sites for hydroxylation is 1. The zero-order chi connectivity index (χ0) is 25.7. The van der Waals surface area contributed by atoms with Crippen molar-refractivity contribution in [1.29, 1.82) is 0 Å². The summed E-state index contributed by atoms with van der Waals surface area (Å²) >= 11 is 23.9. The minimum Gasteiger partial charge on any atom is -0.300 e. The van der Waals surface area contributed by atoms with Crippen LogP contribution in [-0.4, -0.2) is 32.4 Å². The quantitative estimate of drug-likeness (QED) is 0.270. The highest BCUT2D eigenvalue weighted by molar-refractivity contribution is 7.90. The predicted molar refractivity (Wildman–Crippen MR) is 133 cm³/mol. The minimum atomic E-state index is -4.59. The molecule has 0 radical (unpaired) electrons. The molecule has 3 nitrogen and oxygen atoms in total. The van der Waals surface area contributed by atoms with Crippen molar-refractivity contribution in [3.05, 3.63) is 73.2 Å². The van der Waals surface area contributed by atoms with Gasteiger partial charge in [-0.3, -0.25) is 4.79 Å². The first-order valence-corrected chi connectivity index (χ1v) is 13.6. The zero-order valence-corrected chi connectivity index (χ0v) is 21.8. The van der Waals surface area contributed by atoms with E-state index >= 15 is 0 Å². The Labute approximate surface area is 216 Å². The third kappa shape index (κ3) is 9.08. The van der Waals surface area contributed by atoms with Gasteiger partial charge in [0.1, 0.15) is 15.6 Å². The van der Waals surface area contributed by atoms with Crippen LogP contribution >= 0.6 is 46.4 Å². The van der Waals surface area contributed by atoms with Gasteiger partial charge in [0.05, 0.1) is 26.7 Å². The van der Waals surface area contributed by atoms with E-state index < -0.39 is 21.9 Å². The number of benzene rings is 2. The molecule has 0 N–H and O–H groups in total. The number of hydrogen-bond donors (Lipinski definition) is 0. The van der Waals surface area contributed by atoms with Crippen molar-refractivity contribution in [1.82, 2.24) is 0 Å². The molecule has 1 unspecified atom stereocenters. The summed E-state index contributed by atoms with van der Waals surface area (Å²) in [4.78, 5) is 11.8. The van der Waals surface area contributed by atoms with Gasteiger partial charge in [0.25, 0.3) is 0 Å². The van der Waals surface area contributed by atoms with Gasteiger partial charge in [-0.15, -0.1) is 0 Å². The molecule has 0 bridgehead atoms. The maximum Gasteiger partial charge on any atom is 0.399 e. The van der Waals surface area contributed by atoms with Crippen molar-refractivity contribution in [3.63, 3.8) is 0 Å². The molecule has 0 aromatic heterocycles. The van der Waals surface area contributed by atoms with Gasteiger partial charge in [-0.1, -0.05) is 70.7 Å². The largest absolute Gasteiger partial charge is 0.399 e. The second kappa shape index (κ2) is 12.1. The third-order valence-electron chi connectivity index (χ3n) is 4.93. The Balaban J connectivity index is 2.09. The van der Waals surface area contributed by atoms with Gasteiger partial charge in [0.2, 0.25) is 0 Å². The van der Waals surface area contributed by atoms with E-state index in [1.807, 2.05) is 0 Å². The molecule has 0 aliphatic rings. The van der Waals surface area contributed by atoms with Crippen LogP contribution in [0, 0.1) is 0 Å². The molecule has 0 fully saturated rings. The van der Waals surface area contributed by atoms with E-state index in [1.165, 1.54) is 12.1 Å². The van der Waals surface area contributed by atoms with Gasteiger partial charge in [0.15, 0.2) is 0 Å². The van der Waals surface area contributed by atoms with Crippen LogP contribution in [0.1, 0.15) is 41.9 Å². The fourth-order valence-corrected chi connectivity index (χ4v) is 4.64. The summed E-state index contributed by atoms with van der Waals surface area (Å²) in [5.74, 6) is -2.29. The number of ketones is 1. The highest BCUT2D eigenvalue weighted by Gasteiger charge is 2.39. The molecule has 0 saturated carbocycles. The molecule has 0 aliphatic heterocycles. The molecule has 11 heteroatoms. The molecule has 0 heterocycles. The second-order valence-corrected chi connectivity index (χ2v) is 11.7. The molecule has 186 valence electrons. The van der Waals surface area contributed by atoms with Crippen molar-refractivity contribution in [2.75, 3.05) is 12.0 Å². The number of rotatable bonds is 10. The lowest BCUT2D eigenvalue weighted by Gasteiger charge is -2.18. The fourth-order valence-electron chi connectivity index (χ4n) is 3.14. The molecule has 2 aromatic carbocycles. The monoisotopic (exact) mass is 574 g/mol. The Bertz CT molecular complexity index is 1160. The van der Waals surface area contributed by atoms with Gasteiger partial charge in [-0.25, -0.2) is 8.42 Å². The minimum absolute atomic E-state index is 0.0172. The SMILES string of the molecule is CS(=O)(=O)CCC(=O)CCCc1ccc(/C=C/C(c2cc(Cl)c(Cl)c(Cl)c2)C(F)(F)F)cc1Cl. The standard InChI is InChI=1S/C23H21Cl4F3O3S/c1-34(32,33)10-9-17(31)4-2-3-15-7-5-14(11-19(15)24)6-8-18(23(28,29)30)16-12-20(25)22(27)21(26)13-16/h5-8,11-13,18H,2-4,9-10H2,1H3/b8-6+. The summed E-state index contributed by atoms with van der Waals surface area (Å²) in [6.07, 6.45) is -0.0858. The summed E-state index contributed by atoms with van der Waals surface area (Å²) in [6.45, 7) is 0. The maximum atomic E-state index is 13.7. The number of Topliss-reactive ketones (excluding diaryl/α,β-unsaturated/α-hetero) is 1. The van der Waals surface area contributed by atoms with Gasteiger partial charge in [-0.05, 0) is 47.7 Å². The summed E-state index contributed by atoms with van der Waals surface area (Å²) in [5, 5.41) is 0.186. The first kappa shape index (κ1) is 29.0. The molecule has 0 saturated heterocycles. The van der Waals surface area contributed by atoms with E-state index in [9.17, 15) is 26.4 Å². The van der Waals surface area contributed by atoms with Crippen LogP contribution < -0.4 is 0 Å². The highest BCUT2D eigenvalue weighted by Crippen LogP contribution is 2.41. The lowest BCUT2D eigenvalue weighted by Crippen LogP contribution is -2.19. The van der Waals surface area contributed by atoms with Crippen molar-refractivity contribution < 1.29 is 26.4 Å². The van der Waals surface area contributed by atoms with Gasteiger partial charge < -0.3 is 0 Å². The lowest BCUT2D eigenvalue weighted by atomic mass is 9.96. The van der Waals surface area contributed by atoms with Crippen molar-refractivity contribution in [3.8, 4) is 0 Å². The average Bonchev–Trinajstić information content (AvgIpc) is 2.70. The topological polar surface area (TPSA) is 51.2 Å². The van der Waals surface area contributed by atoms with Gasteiger partial charge in [0, 0.05) is 24.1 Å². The Morgan fingerprint density at radius 2 is 1.62 bits per heavy atom. The average molecular weight is 576 g/mol. The number of allylic oxidation sites excluding steroid dienone is 1. The molecule has 2 aromatic rings. The fraction of sp³-hybridized carbons (Fsp3) is 0.348. The van der Waals surface area contributed by atoms with Crippen LogP contribution in [0.3, 0.4) is 0 Å². The Morgan fingerprint density at radius 3 is 2.15 bits per heavy atom. The molecule has 0 aliphatic carbocycles. The first-order valence-electron chi connectivity index (χ1n) is 10.0. The Hall–Kier alpha value is -1.25. The third-order valence-corrected chi connectivity index (χ3v) is 7.42. The maximum absolute atomic E-state index is 13.7. The molecule has 2 rings (SSSR count). The van der Waals surface area contributed by atoms with E-state index in [2.05, 4.69) is 0 Å². The van der Waals surface area contributed by atoms with Gasteiger partial charge >= 0.3 is 6.18 Å². The Kier molecular flexibility index (Phi) is 10.3. The van der Waals surface area contributed by atoms with Crippen LogP contribution in [0.2, 0.25) is 20.1 Å². The van der Waals surface area contributed by atoms with Crippen LogP contribution in [0.4, 0.5) is 13.2 Å². The number of carbonyl (C=O) groups excluding carboxylic acids is 1. The van der Waals surface area contributed by atoms with Crippen LogP contribution in [0.15, 0.2) is 36.4 Å². The first-order chi connectivity index (χ1) is 15.7. The van der Waals surface area contributed by atoms with Gasteiger partial charge in [-0.2, -0.15) is 13.2 Å². The number of hydrogen-bond acceptors (Lipinski definition) is 3. The van der Waals surface area contributed by atoms with E-state index in [0.717, 1.165) is 30.0 Å². The van der Waals surface area contributed by atoms with Crippen LogP contribution in [0.5, 0.6) is 0 Å². The molecule has 1 atom stereocenters. The van der Waals surface area contributed by atoms with Crippen molar-refractivity contribution in [2.24, 2.45) is 0 Å². The Morgan fingerprint density at radius 1 is 1.00 bits per heavy atom. The highest BCUT2D eigenvalue weighted by atomic mass is 35.5. The predicted octanol–water partition coefficient (Wildman–Crippen LogP) is 7.99. The van der Waals surface area contributed by atoms with Crippen LogP contribution in [-0.2, 0) is 21.1 Å². The van der Waals surface area contributed by atoms with E-state index in [4.69, 9.17) is 46.4 Å². The molecular formula is C23H21Cl4F3O3S. The number of alkyl halides is 3. The summed E-state index contributed by atoms with van der Waals surface area (Å²) in [5.41, 5.74) is 1.04. The normalized spacial score (nSPS) is 13.4.